The number of allylic oxidation sites excluding steroid dienone is 1. The normalized spacial score (nSPS) is 15.0. The molecule has 0 aliphatic rings. The van der Waals surface area contributed by atoms with E-state index in [-0.39, 0.29) is 12.8 Å². The molecule has 0 amide bonds. The van der Waals surface area contributed by atoms with Crippen molar-refractivity contribution < 1.29 is 19.4 Å². The molecule has 0 aromatic carbocycles. The van der Waals surface area contributed by atoms with Crippen molar-refractivity contribution in [3.8, 4) is 0 Å². The molecule has 0 aliphatic carbocycles. The van der Waals surface area contributed by atoms with Crippen LogP contribution in [0.3, 0.4) is 0 Å². The molecule has 0 heterocycles. The Bertz CT molecular complexity index is 448. The predicted molar refractivity (Wildman–Crippen MR) is 120 cm³/mol. The van der Waals surface area contributed by atoms with Crippen LogP contribution in [0.15, 0.2) is 11.9 Å². The van der Waals surface area contributed by atoms with E-state index in [0.29, 0.717) is 0 Å². The van der Waals surface area contributed by atoms with E-state index in [4.69, 9.17) is 5.11 Å². The summed E-state index contributed by atoms with van der Waals surface area (Å²) in [6, 6.07) is 0. The van der Waals surface area contributed by atoms with Crippen LogP contribution in [0, 0.1) is 0 Å². The molecule has 2 unspecified atom stereocenters. The Morgan fingerprint density at radius 2 is 1.29 bits per heavy atom. The maximum Gasteiger partial charge on any atom is 0.303 e. The van der Waals surface area contributed by atoms with Gasteiger partial charge in [-0.15, -0.1) is 0 Å². The van der Waals surface area contributed by atoms with Crippen LogP contribution < -0.4 is 0 Å². The van der Waals surface area contributed by atoms with Gasteiger partial charge in [-0.2, -0.15) is 0 Å². The molecule has 4 nitrogen and oxygen atoms in total. The van der Waals surface area contributed by atoms with Gasteiger partial charge < -0.3 is 10.00 Å². The van der Waals surface area contributed by atoms with Crippen molar-refractivity contribution in [2.75, 3.05) is 0 Å². The zero-order chi connectivity index (χ0) is 21.1. The molecule has 0 aromatic rings. The second-order valence-electron chi connectivity index (χ2n) is 8.22. The van der Waals surface area contributed by atoms with Gasteiger partial charge in [-0.25, -0.2) is 0 Å². The summed E-state index contributed by atoms with van der Waals surface area (Å²) in [5.41, 5.74) is -0.490. The van der Waals surface area contributed by atoms with Crippen LogP contribution in [0.4, 0.5) is 0 Å². The van der Waals surface area contributed by atoms with Crippen LogP contribution in [0.25, 0.3) is 0 Å². The molecular weight excluding hydrogens is 371 g/mol. The molecule has 0 aromatic heterocycles. The Kier molecular flexibility index (Phi) is 18.0. The second kappa shape index (κ2) is 18.4. The Morgan fingerprint density at radius 3 is 1.71 bits per heavy atom. The molecule has 0 saturated carbocycles. The predicted octanol–water partition coefficient (Wildman–Crippen LogP) is 7.90. The van der Waals surface area contributed by atoms with Gasteiger partial charge in [0.25, 0.3) is 0 Å². The zero-order valence-corrected chi connectivity index (χ0v) is 19.3. The topological polar surface area (TPSA) is 74.6 Å². The smallest absolute Gasteiger partial charge is 0.303 e. The lowest BCUT2D eigenvalue weighted by molar-refractivity contribution is -0.137. The number of rotatable bonds is 20. The minimum absolute atomic E-state index is 0.0570. The highest BCUT2D eigenvalue weighted by Gasteiger charge is 2.23. The molecule has 0 saturated heterocycles. The van der Waals surface area contributed by atoms with Gasteiger partial charge in [-0.05, 0) is 25.1 Å². The molecule has 5 heteroatoms. The molecule has 2 N–H and O–H groups in total. The molecule has 166 valence electrons. The van der Waals surface area contributed by atoms with Gasteiger partial charge >= 0.3 is 5.97 Å². The molecule has 0 fully saturated rings. The fourth-order valence-corrected chi connectivity index (χ4v) is 4.59. The number of hydrogen-bond acceptors (Lipinski definition) is 2. The molecule has 0 radical (unpaired) electrons. The van der Waals surface area contributed by atoms with Gasteiger partial charge in [-0.1, -0.05) is 103 Å². The Hall–Kier alpha value is -0.600. The van der Waals surface area contributed by atoms with Gasteiger partial charge in [0.15, 0.2) is 0 Å². The summed E-state index contributed by atoms with van der Waals surface area (Å²) in [7, 11) is -3.37. The first-order valence-corrected chi connectivity index (χ1v) is 13.4. The third-order valence-corrected chi connectivity index (χ3v) is 7.61. The first kappa shape index (κ1) is 27.4. The largest absolute Gasteiger partial charge is 0.481 e. The maximum atomic E-state index is 12.2. The van der Waals surface area contributed by atoms with E-state index in [1.54, 1.807) is 13.0 Å². The third kappa shape index (κ3) is 17.5. The fourth-order valence-electron chi connectivity index (χ4n) is 3.35. The van der Waals surface area contributed by atoms with Crippen LogP contribution in [-0.4, -0.2) is 21.6 Å². The first-order valence-electron chi connectivity index (χ1n) is 11.6. The van der Waals surface area contributed by atoms with Crippen LogP contribution in [-0.2, 0) is 9.36 Å². The van der Waals surface area contributed by atoms with Crippen LogP contribution in [0.2, 0.25) is 0 Å². The Balaban J connectivity index is 3.48. The highest BCUT2D eigenvalue weighted by Crippen LogP contribution is 2.49. The average molecular weight is 417 g/mol. The molecule has 28 heavy (non-hydrogen) atoms. The minimum Gasteiger partial charge on any atom is -0.481 e. The highest BCUT2D eigenvalue weighted by atomic mass is 31.2. The lowest BCUT2D eigenvalue weighted by atomic mass is 10.0. The van der Waals surface area contributed by atoms with Crippen molar-refractivity contribution in [2.45, 2.75) is 129 Å². The van der Waals surface area contributed by atoms with E-state index in [0.717, 1.165) is 12.8 Å². The summed E-state index contributed by atoms with van der Waals surface area (Å²) in [6.45, 7) is 3.92. The van der Waals surface area contributed by atoms with Crippen molar-refractivity contribution in [2.24, 2.45) is 0 Å². The number of unbranched alkanes of at least 4 members (excludes halogenated alkanes) is 14. The second-order valence-corrected chi connectivity index (χ2v) is 10.7. The Morgan fingerprint density at radius 1 is 0.857 bits per heavy atom. The van der Waals surface area contributed by atoms with E-state index in [1.807, 2.05) is 0 Å². The lowest BCUT2D eigenvalue weighted by Gasteiger charge is -2.14. The lowest BCUT2D eigenvalue weighted by Crippen LogP contribution is -2.05. The highest BCUT2D eigenvalue weighted by molar-refractivity contribution is 7.61. The summed E-state index contributed by atoms with van der Waals surface area (Å²) >= 11 is 0. The summed E-state index contributed by atoms with van der Waals surface area (Å²) in [5, 5.41) is 8.66. The van der Waals surface area contributed by atoms with Crippen LogP contribution >= 0.6 is 7.37 Å². The fraction of sp³-hybridized carbons (Fsp3) is 0.870. The first-order chi connectivity index (χ1) is 13.4. The van der Waals surface area contributed by atoms with E-state index in [1.165, 1.54) is 89.3 Å². The van der Waals surface area contributed by atoms with E-state index in [2.05, 4.69) is 6.92 Å². The van der Waals surface area contributed by atoms with Gasteiger partial charge in [-0.3, -0.25) is 9.36 Å². The number of aliphatic carboxylic acids is 1. The zero-order valence-electron chi connectivity index (χ0n) is 18.4. The van der Waals surface area contributed by atoms with Gasteiger partial charge in [0.1, 0.15) is 0 Å². The van der Waals surface area contributed by atoms with Gasteiger partial charge in [0, 0.05) is 12.1 Å². The average Bonchev–Trinajstić information content (AvgIpc) is 2.65. The molecule has 0 bridgehead atoms. The summed E-state index contributed by atoms with van der Waals surface area (Å²) in [4.78, 5) is 20.5. The van der Waals surface area contributed by atoms with Gasteiger partial charge in [0.05, 0.1) is 0 Å². The third-order valence-electron chi connectivity index (χ3n) is 5.45. The van der Waals surface area contributed by atoms with Crippen LogP contribution in [0.5, 0.6) is 0 Å². The van der Waals surface area contributed by atoms with Crippen molar-refractivity contribution in [3.05, 3.63) is 11.9 Å². The van der Waals surface area contributed by atoms with E-state index >= 15 is 0 Å². The van der Waals surface area contributed by atoms with Crippen molar-refractivity contribution >= 4 is 13.3 Å². The van der Waals surface area contributed by atoms with Gasteiger partial charge in [0.2, 0.25) is 7.37 Å². The monoisotopic (exact) mass is 416 g/mol. The van der Waals surface area contributed by atoms with Crippen molar-refractivity contribution in [3.63, 3.8) is 0 Å². The number of carbonyl (C=O) groups is 1. The molecular formula is C23H45O4P. The molecule has 0 aliphatic heterocycles. The van der Waals surface area contributed by atoms with Crippen molar-refractivity contribution in [1.29, 1.82) is 0 Å². The summed E-state index contributed by atoms with van der Waals surface area (Å²) in [6.07, 6.45) is 21.4. The summed E-state index contributed by atoms with van der Waals surface area (Å²) < 4.78 is 12.2. The van der Waals surface area contributed by atoms with Crippen LogP contribution in [0.1, 0.15) is 123 Å². The SMILES string of the molecule is CCCCCCCCCCCCCCCCC=CP(=O)(O)C(C)CCC(=O)O. The number of carboxylic acid groups (broad SMARTS) is 1. The summed E-state index contributed by atoms with van der Waals surface area (Å²) in [5.74, 6) is 0.500. The number of carboxylic acids is 1. The molecule has 2 atom stereocenters. The van der Waals surface area contributed by atoms with Crippen molar-refractivity contribution in [1.82, 2.24) is 0 Å². The molecule has 0 rings (SSSR count). The number of hydrogen-bond donors (Lipinski definition) is 2. The standard InChI is InChI=1S/C23H45O4P/c1-3-4-5-6-7-8-9-10-11-12-13-14-15-16-17-18-21-28(26,27)22(2)19-20-23(24)25/h18,21-22H,3-17,19-20H2,1-2H3,(H,24,25)(H,26,27). The Labute approximate surface area is 173 Å². The van der Waals surface area contributed by atoms with E-state index in [9.17, 15) is 14.3 Å². The quantitative estimate of drug-likeness (QED) is 0.156. The van der Waals surface area contributed by atoms with E-state index < -0.39 is 19.0 Å². The molecule has 0 spiro atoms. The maximum absolute atomic E-state index is 12.2. The minimum atomic E-state index is -3.37.